The highest BCUT2D eigenvalue weighted by atomic mass is 14.4. The lowest BCUT2D eigenvalue weighted by molar-refractivity contribution is 0.660. The van der Waals surface area contributed by atoms with Crippen LogP contribution in [0.25, 0.3) is 54.6 Å². The summed E-state index contributed by atoms with van der Waals surface area (Å²) in [7, 11) is 0. The summed E-state index contributed by atoms with van der Waals surface area (Å²) in [5, 5.41) is 8.06. The summed E-state index contributed by atoms with van der Waals surface area (Å²) < 4.78 is 0. The minimum atomic E-state index is 0.0196. The van der Waals surface area contributed by atoms with E-state index in [1.54, 1.807) is 0 Å². The molecule has 0 fully saturated rings. The predicted octanol–water partition coefficient (Wildman–Crippen LogP) is 8.56. The fourth-order valence-electron chi connectivity index (χ4n) is 5.86. The molecule has 0 saturated heterocycles. The average molecular weight is 395 g/mol. The molecule has 0 bridgehead atoms. The molecular weight excluding hydrogens is 372 g/mol. The van der Waals surface area contributed by atoms with E-state index < -0.39 is 0 Å². The van der Waals surface area contributed by atoms with Gasteiger partial charge in [0, 0.05) is 5.41 Å². The van der Waals surface area contributed by atoms with Crippen LogP contribution in [0.1, 0.15) is 25.0 Å². The van der Waals surface area contributed by atoms with Gasteiger partial charge in [0.1, 0.15) is 0 Å². The molecule has 1 aliphatic rings. The molecule has 0 unspecified atom stereocenters. The van der Waals surface area contributed by atoms with Crippen molar-refractivity contribution in [1.29, 1.82) is 0 Å². The molecule has 0 saturated carbocycles. The second-order valence-corrected chi connectivity index (χ2v) is 9.40. The molecule has 0 nitrogen and oxygen atoms in total. The number of benzene rings is 6. The largest absolute Gasteiger partial charge is 0.0619 e. The lowest BCUT2D eigenvalue weighted by atomic mass is 9.81. The molecular formula is C31H22. The molecule has 7 rings (SSSR count). The van der Waals surface area contributed by atoms with Crippen molar-refractivity contribution in [1.82, 2.24) is 0 Å². The lowest BCUT2D eigenvalue weighted by Crippen LogP contribution is -2.14. The van der Waals surface area contributed by atoms with E-state index in [1.807, 2.05) is 0 Å². The van der Waals surface area contributed by atoms with Gasteiger partial charge < -0.3 is 0 Å². The Balaban J connectivity index is 1.53. The van der Waals surface area contributed by atoms with Gasteiger partial charge in [-0.3, -0.25) is 0 Å². The molecule has 1 aliphatic carbocycles. The van der Waals surface area contributed by atoms with Gasteiger partial charge in [0.05, 0.1) is 0 Å². The Hall–Kier alpha value is -3.64. The summed E-state index contributed by atoms with van der Waals surface area (Å²) in [6.45, 7) is 4.71. The highest BCUT2D eigenvalue weighted by molar-refractivity contribution is 6.25. The zero-order valence-corrected chi connectivity index (χ0v) is 17.7. The zero-order chi connectivity index (χ0) is 20.7. The van der Waals surface area contributed by atoms with E-state index >= 15 is 0 Å². The molecule has 6 aromatic rings. The van der Waals surface area contributed by atoms with Gasteiger partial charge in [0.25, 0.3) is 0 Å². The van der Waals surface area contributed by atoms with Crippen LogP contribution in [0.5, 0.6) is 0 Å². The van der Waals surface area contributed by atoms with E-state index in [4.69, 9.17) is 0 Å². The second-order valence-electron chi connectivity index (χ2n) is 9.40. The van der Waals surface area contributed by atoms with Gasteiger partial charge in [0.15, 0.2) is 0 Å². The van der Waals surface area contributed by atoms with E-state index in [0.29, 0.717) is 0 Å². The van der Waals surface area contributed by atoms with Crippen LogP contribution in [0, 0.1) is 0 Å². The summed E-state index contributed by atoms with van der Waals surface area (Å²) in [5.74, 6) is 0. The first kappa shape index (κ1) is 17.1. The van der Waals surface area contributed by atoms with Crippen LogP contribution in [0.3, 0.4) is 0 Å². The minimum absolute atomic E-state index is 0.0196. The monoisotopic (exact) mass is 394 g/mol. The lowest BCUT2D eigenvalue weighted by Gasteiger charge is -2.22. The fraction of sp³-hybridized carbons (Fsp3) is 0.0968. The fourth-order valence-corrected chi connectivity index (χ4v) is 5.86. The minimum Gasteiger partial charge on any atom is -0.0619 e. The zero-order valence-electron chi connectivity index (χ0n) is 17.7. The Kier molecular flexibility index (Phi) is 3.16. The van der Waals surface area contributed by atoms with Crippen LogP contribution in [0.2, 0.25) is 0 Å². The van der Waals surface area contributed by atoms with E-state index in [9.17, 15) is 0 Å². The van der Waals surface area contributed by atoms with Gasteiger partial charge in [-0.25, -0.2) is 0 Å². The van der Waals surface area contributed by atoms with Crippen molar-refractivity contribution in [2.75, 3.05) is 0 Å². The van der Waals surface area contributed by atoms with Gasteiger partial charge in [-0.2, -0.15) is 0 Å². The number of hydrogen-bond donors (Lipinski definition) is 0. The maximum atomic E-state index is 2.43. The first-order chi connectivity index (χ1) is 15.1. The van der Waals surface area contributed by atoms with Crippen molar-refractivity contribution >= 4 is 32.3 Å². The molecule has 0 heterocycles. The van der Waals surface area contributed by atoms with Crippen molar-refractivity contribution in [2.24, 2.45) is 0 Å². The summed E-state index contributed by atoms with van der Waals surface area (Å²) >= 11 is 0. The maximum Gasteiger partial charge on any atom is 0.0159 e. The number of fused-ring (bicyclic) bond motifs is 3. The van der Waals surface area contributed by atoms with E-state index in [1.165, 1.54) is 65.7 Å². The Morgan fingerprint density at radius 2 is 1.13 bits per heavy atom. The molecule has 0 N–H and O–H groups in total. The standard InChI is InChI=1S/C31H22/c1-31(2)27-9-4-3-8-24(27)25-16-14-22(18-28(25)31)23-15-12-21-11-10-19-6-5-7-20-13-17-26(23)30(21)29(19)20/h3-18H,1-2H3. The molecule has 0 spiro atoms. The van der Waals surface area contributed by atoms with Crippen molar-refractivity contribution in [3.63, 3.8) is 0 Å². The molecule has 0 aromatic heterocycles. The summed E-state index contributed by atoms with van der Waals surface area (Å²) in [4.78, 5) is 0. The first-order valence-corrected chi connectivity index (χ1v) is 11.0. The van der Waals surface area contributed by atoms with Crippen molar-refractivity contribution in [3.8, 4) is 22.3 Å². The third kappa shape index (κ3) is 2.15. The van der Waals surface area contributed by atoms with Crippen molar-refractivity contribution in [2.45, 2.75) is 19.3 Å². The average Bonchev–Trinajstić information content (AvgIpc) is 3.04. The maximum absolute atomic E-state index is 2.43. The summed E-state index contributed by atoms with van der Waals surface area (Å²) in [5.41, 5.74) is 8.25. The predicted molar refractivity (Wildman–Crippen MR) is 133 cm³/mol. The SMILES string of the molecule is CC1(C)c2ccccc2-c2ccc(-c3ccc4ccc5cccc6ccc3c4c56)cc21. The first-order valence-electron chi connectivity index (χ1n) is 11.0. The summed E-state index contributed by atoms with van der Waals surface area (Å²) in [6.07, 6.45) is 0. The molecule has 31 heavy (non-hydrogen) atoms. The molecule has 146 valence electrons. The van der Waals surface area contributed by atoms with E-state index in [2.05, 4.69) is 111 Å². The van der Waals surface area contributed by atoms with Gasteiger partial charge in [-0.1, -0.05) is 105 Å². The van der Waals surface area contributed by atoms with Crippen molar-refractivity contribution < 1.29 is 0 Å². The number of hydrogen-bond acceptors (Lipinski definition) is 0. The van der Waals surface area contributed by atoms with Crippen LogP contribution in [0.15, 0.2) is 97.1 Å². The van der Waals surface area contributed by atoms with Crippen molar-refractivity contribution in [3.05, 3.63) is 108 Å². The third-order valence-corrected chi connectivity index (χ3v) is 7.42. The van der Waals surface area contributed by atoms with Crippen LogP contribution in [-0.2, 0) is 5.41 Å². The van der Waals surface area contributed by atoms with Crippen LogP contribution >= 0.6 is 0 Å². The molecule has 6 aromatic carbocycles. The molecule has 0 atom stereocenters. The van der Waals surface area contributed by atoms with E-state index in [-0.39, 0.29) is 5.41 Å². The second kappa shape index (κ2) is 5.74. The third-order valence-electron chi connectivity index (χ3n) is 7.42. The Bertz CT molecular complexity index is 1630. The smallest absolute Gasteiger partial charge is 0.0159 e. The summed E-state index contributed by atoms with van der Waals surface area (Å²) in [6, 6.07) is 36.2. The highest BCUT2D eigenvalue weighted by Crippen LogP contribution is 2.50. The van der Waals surface area contributed by atoms with Gasteiger partial charge in [-0.15, -0.1) is 0 Å². The number of rotatable bonds is 1. The van der Waals surface area contributed by atoms with E-state index in [0.717, 1.165) is 0 Å². The van der Waals surface area contributed by atoms with Crippen LogP contribution in [-0.4, -0.2) is 0 Å². The van der Waals surface area contributed by atoms with Gasteiger partial charge in [0.2, 0.25) is 0 Å². The highest BCUT2D eigenvalue weighted by Gasteiger charge is 2.35. The molecule has 0 radical (unpaired) electrons. The molecule has 0 heteroatoms. The van der Waals surface area contributed by atoms with Crippen LogP contribution in [0.4, 0.5) is 0 Å². The Morgan fingerprint density at radius 3 is 1.97 bits per heavy atom. The Morgan fingerprint density at radius 1 is 0.484 bits per heavy atom. The Labute approximate surface area is 182 Å². The normalized spacial score (nSPS) is 14.4. The van der Waals surface area contributed by atoms with Gasteiger partial charge in [-0.05, 0) is 71.8 Å². The quantitative estimate of drug-likeness (QED) is 0.245. The molecule has 0 amide bonds. The molecule has 0 aliphatic heterocycles. The topological polar surface area (TPSA) is 0 Å². The van der Waals surface area contributed by atoms with Crippen LogP contribution < -0.4 is 0 Å². The van der Waals surface area contributed by atoms with Gasteiger partial charge >= 0.3 is 0 Å².